The molecular weight excluding hydrogens is 324 g/mol. The van der Waals surface area contributed by atoms with E-state index < -0.39 is 0 Å². The number of hydrogen-bond acceptors (Lipinski definition) is 5. The zero-order valence-electron chi connectivity index (χ0n) is 13.3. The molecule has 1 aromatic heterocycles. The number of carbonyl (C=O) groups excluding carboxylic acids is 2. The predicted molar refractivity (Wildman–Crippen MR) is 94.9 cm³/mol. The molecule has 5 nitrogen and oxygen atoms in total. The molecule has 0 spiro atoms. The normalized spacial score (nSPS) is 10.6. The average molecular weight is 340 g/mol. The molecule has 1 amide bonds. The fraction of sp³-hybridized carbons (Fsp3) is 0.167. The highest BCUT2D eigenvalue weighted by Gasteiger charge is 2.07. The van der Waals surface area contributed by atoms with Gasteiger partial charge in [-0.05, 0) is 44.2 Å². The summed E-state index contributed by atoms with van der Waals surface area (Å²) in [7, 11) is 0. The lowest BCUT2D eigenvalue weighted by atomic mass is 10.1. The van der Waals surface area contributed by atoms with Crippen LogP contribution < -0.4 is 10.1 Å². The molecule has 122 valence electrons. The summed E-state index contributed by atoms with van der Waals surface area (Å²) in [6.45, 7) is 3.32. The largest absolute Gasteiger partial charge is 0.484 e. The van der Waals surface area contributed by atoms with Crippen LogP contribution >= 0.6 is 11.3 Å². The Morgan fingerprint density at radius 3 is 2.83 bits per heavy atom. The lowest BCUT2D eigenvalue weighted by molar-refractivity contribution is -0.118. The molecule has 3 rings (SSSR count). The highest BCUT2D eigenvalue weighted by molar-refractivity contribution is 7.18. The number of nitrogens with one attached hydrogen (secondary N) is 1. The topological polar surface area (TPSA) is 68.3 Å². The minimum absolute atomic E-state index is 0.0435. The predicted octanol–water partition coefficient (Wildman–Crippen LogP) is 3.82. The first-order chi connectivity index (χ1) is 11.5. The first kappa shape index (κ1) is 16.1. The van der Waals surface area contributed by atoms with Crippen LogP contribution in [0.1, 0.15) is 22.3 Å². The van der Waals surface area contributed by atoms with E-state index in [2.05, 4.69) is 10.3 Å². The summed E-state index contributed by atoms with van der Waals surface area (Å²) in [5.41, 5.74) is 2.18. The number of aromatic nitrogens is 1. The van der Waals surface area contributed by atoms with Crippen LogP contribution in [0.15, 0.2) is 42.5 Å². The monoisotopic (exact) mass is 340 g/mol. The second-order valence-electron chi connectivity index (χ2n) is 5.34. The molecule has 3 aromatic rings. The quantitative estimate of drug-likeness (QED) is 0.717. The van der Waals surface area contributed by atoms with Gasteiger partial charge in [0.15, 0.2) is 12.4 Å². The van der Waals surface area contributed by atoms with Crippen LogP contribution in [0.3, 0.4) is 0 Å². The highest BCUT2D eigenvalue weighted by atomic mass is 32.1. The third kappa shape index (κ3) is 3.78. The number of benzene rings is 2. The number of fused-ring (bicyclic) bond motifs is 1. The Labute approximate surface area is 143 Å². The molecule has 0 aliphatic carbocycles. The van der Waals surface area contributed by atoms with Crippen LogP contribution in [0.4, 0.5) is 5.69 Å². The molecule has 0 fully saturated rings. The maximum absolute atomic E-state index is 12.0. The van der Waals surface area contributed by atoms with Crippen molar-refractivity contribution in [1.82, 2.24) is 4.98 Å². The van der Waals surface area contributed by atoms with Gasteiger partial charge in [-0.1, -0.05) is 12.1 Å². The number of anilines is 1. The van der Waals surface area contributed by atoms with Crippen molar-refractivity contribution in [3.63, 3.8) is 0 Å². The zero-order chi connectivity index (χ0) is 17.1. The lowest BCUT2D eigenvalue weighted by Gasteiger charge is -2.08. The van der Waals surface area contributed by atoms with Gasteiger partial charge in [0.2, 0.25) is 0 Å². The molecule has 1 heterocycles. The van der Waals surface area contributed by atoms with Crippen molar-refractivity contribution in [1.29, 1.82) is 0 Å². The summed E-state index contributed by atoms with van der Waals surface area (Å²) in [6, 6.07) is 12.4. The van der Waals surface area contributed by atoms with Gasteiger partial charge in [0.25, 0.3) is 5.91 Å². The van der Waals surface area contributed by atoms with Crippen LogP contribution in [0.25, 0.3) is 10.2 Å². The van der Waals surface area contributed by atoms with E-state index in [1.54, 1.807) is 35.6 Å². The Bertz CT molecular complexity index is 918. The Morgan fingerprint density at radius 2 is 2.04 bits per heavy atom. The van der Waals surface area contributed by atoms with E-state index in [1.807, 2.05) is 25.1 Å². The van der Waals surface area contributed by atoms with Crippen LogP contribution in [0.2, 0.25) is 0 Å². The van der Waals surface area contributed by atoms with Gasteiger partial charge in [0.05, 0.1) is 15.2 Å². The summed E-state index contributed by atoms with van der Waals surface area (Å²) in [6.07, 6.45) is 0. The van der Waals surface area contributed by atoms with Crippen molar-refractivity contribution >= 4 is 38.9 Å². The Morgan fingerprint density at radius 1 is 1.21 bits per heavy atom. The second kappa shape index (κ2) is 6.80. The summed E-state index contributed by atoms with van der Waals surface area (Å²) < 4.78 is 6.48. The fourth-order valence-electron chi connectivity index (χ4n) is 2.27. The third-order valence-corrected chi connectivity index (χ3v) is 4.32. The van der Waals surface area contributed by atoms with E-state index in [4.69, 9.17) is 4.74 Å². The third-order valence-electron chi connectivity index (χ3n) is 3.39. The number of carbonyl (C=O) groups is 2. The molecule has 0 aliphatic rings. The van der Waals surface area contributed by atoms with E-state index in [1.165, 1.54) is 6.92 Å². The first-order valence-corrected chi connectivity index (χ1v) is 8.24. The Kier molecular flexibility index (Phi) is 4.57. The van der Waals surface area contributed by atoms with Crippen LogP contribution in [0, 0.1) is 6.92 Å². The molecular formula is C18H16N2O3S. The summed E-state index contributed by atoms with van der Waals surface area (Å²) >= 11 is 1.58. The van der Waals surface area contributed by atoms with Crippen molar-refractivity contribution in [3.8, 4) is 5.75 Å². The fourth-order valence-corrected chi connectivity index (χ4v) is 3.13. The van der Waals surface area contributed by atoms with E-state index in [0.29, 0.717) is 17.0 Å². The summed E-state index contributed by atoms with van der Waals surface area (Å²) in [4.78, 5) is 27.8. The number of hydrogen-bond donors (Lipinski definition) is 1. The number of ether oxygens (including phenoxy) is 1. The van der Waals surface area contributed by atoms with Gasteiger partial charge in [-0.15, -0.1) is 11.3 Å². The van der Waals surface area contributed by atoms with Gasteiger partial charge in [0, 0.05) is 11.3 Å². The number of amides is 1. The molecule has 2 aromatic carbocycles. The number of ketones is 1. The first-order valence-electron chi connectivity index (χ1n) is 7.42. The van der Waals surface area contributed by atoms with Gasteiger partial charge < -0.3 is 10.1 Å². The number of thiazole rings is 1. The molecule has 24 heavy (non-hydrogen) atoms. The van der Waals surface area contributed by atoms with E-state index in [0.717, 1.165) is 15.2 Å². The average Bonchev–Trinajstić information content (AvgIpc) is 2.92. The SMILES string of the molecule is CC(=O)c1cccc(OCC(=O)Nc2ccc3nc(C)sc3c2)c1. The molecule has 0 unspecified atom stereocenters. The van der Waals surface area contributed by atoms with Crippen LogP contribution in [0.5, 0.6) is 5.75 Å². The smallest absolute Gasteiger partial charge is 0.262 e. The maximum Gasteiger partial charge on any atom is 0.262 e. The minimum Gasteiger partial charge on any atom is -0.484 e. The molecule has 0 atom stereocenters. The Balaban J connectivity index is 1.62. The molecule has 0 saturated heterocycles. The van der Waals surface area contributed by atoms with Gasteiger partial charge >= 0.3 is 0 Å². The van der Waals surface area contributed by atoms with Gasteiger partial charge in [-0.3, -0.25) is 9.59 Å². The van der Waals surface area contributed by atoms with Crippen molar-refractivity contribution in [2.75, 3.05) is 11.9 Å². The van der Waals surface area contributed by atoms with Gasteiger partial charge in [-0.25, -0.2) is 4.98 Å². The molecule has 0 aliphatic heterocycles. The van der Waals surface area contributed by atoms with Crippen LogP contribution in [-0.4, -0.2) is 23.3 Å². The van der Waals surface area contributed by atoms with Crippen LogP contribution in [-0.2, 0) is 4.79 Å². The molecule has 0 bridgehead atoms. The standard InChI is InChI=1S/C18H16N2O3S/c1-11(21)13-4-3-5-15(8-13)23-10-18(22)20-14-6-7-16-17(9-14)24-12(2)19-16/h3-9H,10H2,1-2H3,(H,20,22). The number of Topliss-reactive ketones (excluding diaryl/α,β-unsaturated/α-hetero) is 1. The van der Waals surface area contributed by atoms with E-state index >= 15 is 0 Å². The molecule has 0 saturated carbocycles. The Hall–Kier alpha value is -2.73. The van der Waals surface area contributed by atoms with E-state index in [9.17, 15) is 9.59 Å². The van der Waals surface area contributed by atoms with Crippen molar-refractivity contribution in [3.05, 3.63) is 53.0 Å². The number of aryl methyl sites for hydroxylation is 1. The highest BCUT2D eigenvalue weighted by Crippen LogP contribution is 2.24. The number of nitrogens with zero attached hydrogens (tertiary/aromatic N) is 1. The van der Waals surface area contributed by atoms with E-state index in [-0.39, 0.29) is 18.3 Å². The summed E-state index contributed by atoms with van der Waals surface area (Å²) in [5.74, 6) is 0.188. The minimum atomic E-state index is -0.260. The molecule has 1 N–H and O–H groups in total. The maximum atomic E-state index is 12.0. The molecule has 0 radical (unpaired) electrons. The van der Waals surface area contributed by atoms with Crippen molar-refractivity contribution in [2.24, 2.45) is 0 Å². The second-order valence-corrected chi connectivity index (χ2v) is 6.57. The zero-order valence-corrected chi connectivity index (χ0v) is 14.1. The molecule has 6 heteroatoms. The van der Waals surface area contributed by atoms with Crippen molar-refractivity contribution in [2.45, 2.75) is 13.8 Å². The number of rotatable bonds is 5. The van der Waals surface area contributed by atoms with Crippen molar-refractivity contribution < 1.29 is 14.3 Å². The van der Waals surface area contributed by atoms with Gasteiger partial charge in [0.1, 0.15) is 5.75 Å². The summed E-state index contributed by atoms with van der Waals surface area (Å²) in [5, 5.41) is 3.79. The van der Waals surface area contributed by atoms with Gasteiger partial charge in [-0.2, -0.15) is 0 Å². The lowest BCUT2D eigenvalue weighted by Crippen LogP contribution is -2.20.